The summed E-state index contributed by atoms with van der Waals surface area (Å²) in [6.07, 6.45) is 3.12. The Morgan fingerprint density at radius 2 is 1.86 bits per heavy atom. The first-order chi connectivity index (χ1) is 13.4. The van der Waals surface area contributed by atoms with Crippen molar-refractivity contribution in [3.8, 4) is 0 Å². The van der Waals surface area contributed by atoms with Gasteiger partial charge in [-0.05, 0) is 51.3 Å². The Kier molecular flexibility index (Phi) is 6.32. The summed E-state index contributed by atoms with van der Waals surface area (Å²) in [5.74, 6) is -0.473. The van der Waals surface area contributed by atoms with E-state index in [2.05, 4.69) is 47.5 Å². The van der Waals surface area contributed by atoms with Gasteiger partial charge >= 0.3 is 0 Å². The van der Waals surface area contributed by atoms with Crippen LogP contribution in [0, 0.1) is 10.1 Å². The maximum Gasteiger partial charge on any atom is 0.293 e. The molecule has 3 rings (SSSR count). The summed E-state index contributed by atoms with van der Waals surface area (Å²) in [6.45, 7) is 0.519. The van der Waals surface area contributed by atoms with Gasteiger partial charge in [-0.25, -0.2) is 5.43 Å². The molecular weight excluding hydrogens is 494 g/mol. The first-order valence-corrected chi connectivity index (χ1v) is 9.56. The smallest absolute Gasteiger partial charge is 0.266 e. The first kappa shape index (κ1) is 19.9. The molecule has 3 aromatic rings. The van der Waals surface area contributed by atoms with E-state index in [1.165, 1.54) is 30.5 Å². The van der Waals surface area contributed by atoms with Crippen molar-refractivity contribution in [1.29, 1.82) is 0 Å². The monoisotopic (exact) mass is 505 g/mol. The SMILES string of the molecule is O=C(NN=Cc1ccc([N+](=O)[O-])cc1)c1nn(Cc2ccc(Br)cc2)cc1Br. The van der Waals surface area contributed by atoms with Gasteiger partial charge in [0.25, 0.3) is 11.6 Å². The summed E-state index contributed by atoms with van der Waals surface area (Å²) in [5, 5.41) is 18.8. The summed E-state index contributed by atoms with van der Waals surface area (Å²) in [6, 6.07) is 13.6. The normalized spacial score (nSPS) is 10.9. The zero-order valence-corrected chi connectivity index (χ0v) is 17.4. The van der Waals surface area contributed by atoms with Crippen molar-refractivity contribution in [2.75, 3.05) is 0 Å². The molecule has 0 fully saturated rings. The number of nitro benzene ring substituents is 1. The Hall–Kier alpha value is -2.85. The Labute approximate surface area is 176 Å². The lowest BCUT2D eigenvalue weighted by molar-refractivity contribution is -0.384. The number of carbonyl (C=O) groups is 1. The Morgan fingerprint density at radius 1 is 1.18 bits per heavy atom. The van der Waals surface area contributed by atoms with Crippen molar-refractivity contribution in [3.05, 3.63) is 90.6 Å². The number of aromatic nitrogens is 2. The van der Waals surface area contributed by atoms with Gasteiger partial charge in [-0.3, -0.25) is 19.6 Å². The highest BCUT2D eigenvalue weighted by Crippen LogP contribution is 2.17. The number of non-ortho nitro benzene ring substituents is 1. The minimum atomic E-state index is -0.481. The van der Waals surface area contributed by atoms with E-state index >= 15 is 0 Å². The van der Waals surface area contributed by atoms with Crippen LogP contribution < -0.4 is 5.43 Å². The van der Waals surface area contributed by atoms with E-state index in [0.717, 1.165) is 10.0 Å². The van der Waals surface area contributed by atoms with Crippen molar-refractivity contribution in [2.24, 2.45) is 5.10 Å². The fourth-order valence-corrected chi connectivity index (χ4v) is 3.07. The van der Waals surface area contributed by atoms with E-state index < -0.39 is 10.8 Å². The number of halogens is 2. The molecule has 10 heteroatoms. The molecule has 0 aliphatic heterocycles. The molecule has 8 nitrogen and oxygen atoms in total. The molecule has 1 N–H and O–H groups in total. The molecule has 0 spiro atoms. The third-order valence-corrected chi connectivity index (χ3v) is 4.78. The number of nitrogens with zero attached hydrogens (tertiary/aromatic N) is 4. The second kappa shape index (κ2) is 8.89. The van der Waals surface area contributed by atoms with E-state index in [1.807, 2.05) is 24.3 Å². The number of benzene rings is 2. The highest BCUT2D eigenvalue weighted by atomic mass is 79.9. The van der Waals surface area contributed by atoms with Crippen LogP contribution in [-0.4, -0.2) is 26.8 Å². The molecule has 0 radical (unpaired) electrons. The molecule has 0 atom stereocenters. The summed E-state index contributed by atoms with van der Waals surface area (Å²) in [5.41, 5.74) is 4.25. The number of hydrazone groups is 1. The molecular formula is C18H13Br2N5O3. The van der Waals surface area contributed by atoms with Gasteiger partial charge in [0.1, 0.15) is 0 Å². The Balaban J connectivity index is 1.63. The van der Waals surface area contributed by atoms with Crippen molar-refractivity contribution in [2.45, 2.75) is 6.54 Å². The number of nitrogens with one attached hydrogen (secondary N) is 1. The number of nitro groups is 1. The molecule has 0 unspecified atom stereocenters. The molecule has 28 heavy (non-hydrogen) atoms. The van der Waals surface area contributed by atoms with Gasteiger partial charge in [-0.1, -0.05) is 28.1 Å². The Morgan fingerprint density at radius 3 is 2.50 bits per heavy atom. The van der Waals surface area contributed by atoms with E-state index in [1.54, 1.807) is 10.9 Å². The number of hydrogen-bond acceptors (Lipinski definition) is 5. The maximum atomic E-state index is 12.3. The summed E-state index contributed by atoms with van der Waals surface area (Å²) >= 11 is 6.72. The van der Waals surface area contributed by atoms with Crippen LogP contribution in [0.2, 0.25) is 0 Å². The first-order valence-electron chi connectivity index (χ1n) is 7.97. The third-order valence-electron chi connectivity index (χ3n) is 3.67. The quantitative estimate of drug-likeness (QED) is 0.308. The van der Waals surface area contributed by atoms with Gasteiger partial charge in [0.05, 0.1) is 22.2 Å². The molecule has 1 heterocycles. The highest BCUT2D eigenvalue weighted by molar-refractivity contribution is 9.10. The van der Waals surface area contributed by atoms with Crippen LogP contribution in [0.25, 0.3) is 0 Å². The lowest BCUT2D eigenvalue weighted by atomic mass is 10.2. The molecule has 0 bridgehead atoms. The van der Waals surface area contributed by atoms with E-state index in [4.69, 9.17) is 0 Å². The van der Waals surface area contributed by atoms with Crippen LogP contribution in [0.1, 0.15) is 21.6 Å². The van der Waals surface area contributed by atoms with E-state index in [-0.39, 0.29) is 11.4 Å². The lowest BCUT2D eigenvalue weighted by Gasteiger charge is -2.02. The van der Waals surface area contributed by atoms with Crippen LogP contribution in [0.4, 0.5) is 5.69 Å². The van der Waals surface area contributed by atoms with Crippen molar-refractivity contribution in [3.63, 3.8) is 0 Å². The fourth-order valence-electron chi connectivity index (χ4n) is 2.31. The summed E-state index contributed by atoms with van der Waals surface area (Å²) < 4.78 is 3.19. The highest BCUT2D eigenvalue weighted by Gasteiger charge is 2.15. The molecule has 0 aliphatic rings. The van der Waals surface area contributed by atoms with Crippen LogP contribution in [0.3, 0.4) is 0 Å². The molecule has 1 amide bonds. The minimum Gasteiger partial charge on any atom is -0.266 e. The molecule has 0 saturated carbocycles. The summed E-state index contributed by atoms with van der Waals surface area (Å²) in [4.78, 5) is 22.4. The Bertz CT molecular complexity index is 1030. The van der Waals surface area contributed by atoms with Gasteiger partial charge in [0, 0.05) is 22.8 Å². The molecule has 2 aromatic carbocycles. The van der Waals surface area contributed by atoms with Gasteiger partial charge in [-0.15, -0.1) is 0 Å². The summed E-state index contributed by atoms with van der Waals surface area (Å²) in [7, 11) is 0. The largest absolute Gasteiger partial charge is 0.293 e. The van der Waals surface area contributed by atoms with Gasteiger partial charge in [0.2, 0.25) is 0 Å². The molecule has 0 aliphatic carbocycles. The average molecular weight is 507 g/mol. The number of carbonyl (C=O) groups excluding carboxylic acids is 1. The second-order valence-electron chi connectivity index (χ2n) is 5.70. The van der Waals surface area contributed by atoms with Gasteiger partial charge in [-0.2, -0.15) is 10.2 Å². The lowest BCUT2D eigenvalue weighted by Crippen LogP contribution is -2.19. The third kappa shape index (κ3) is 5.11. The van der Waals surface area contributed by atoms with Crippen LogP contribution in [-0.2, 0) is 6.54 Å². The second-order valence-corrected chi connectivity index (χ2v) is 7.47. The van der Waals surface area contributed by atoms with Gasteiger partial charge in [0.15, 0.2) is 5.69 Å². The van der Waals surface area contributed by atoms with Crippen LogP contribution in [0.5, 0.6) is 0 Å². The predicted octanol–water partition coefficient (Wildman–Crippen LogP) is 4.13. The van der Waals surface area contributed by atoms with Crippen LogP contribution >= 0.6 is 31.9 Å². The van der Waals surface area contributed by atoms with Crippen molar-refractivity contribution >= 4 is 49.7 Å². The zero-order valence-electron chi connectivity index (χ0n) is 14.3. The number of hydrogen-bond donors (Lipinski definition) is 1. The molecule has 1 aromatic heterocycles. The van der Waals surface area contributed by atoms with E-state index in [9.17, 15) is 14.9 Å². The van der Waals surface area contributed by atoms with Gasteiger partial charge < -0.3 is 0 Å². The van der Waals surface area contributed by atoms with Crippen molar-refractivity contribution in [1.82, 2.24) is 15.2 Å². The predicted molar refractivity (Wildman–Crippen MR) is 111 cm³/mol. The zero-order chi connectivity index (χ0) is 20.1. The molecule has 142 valence electrons. The molecule has 0 saturated heterocycles. The number of rotatable bonds is 6. The standard InChI is InChI=1S/C18H13Br2N5O3/c19-14-5-1-13(2-6-14)10-24-11-16(20)17(23-24)18(26)22-21-9-12-3-7-15(8-4-12)25(27)28/h1-9,11H,10H2,(H,22,26). The minimum absolute atomic E-state index is 0.0126. The maximum absolute atomic E-state index is 12.3. The van der Waals surface area contributed by atoms with E-state index in [0.29, 0.717) is 16.6 Å². The number of amides is 1. The van der Waals surface area contributed by atoms with Crippen molar-refractivity contribution < 1.29 is 9.72 Å². The fraction of sp³-hybridized carbons (Fsp3) is 0.0556. The average Bonchev–Trinajstić information content (AvgIpc) is 3.04. The topological polar surface area (TPSA) is 102 Å². The van der Waals surface area contributed by atoms with Crippen LogP contribution in [0.15, 0.2) is 68.8 Å².